The van der Waals surface area contributed by atoms with Crippen molar-refractivity contribution < 1.29 is 19.1 Å². The molecule has 0 radical (unpaired) electrons. The highest BCUT2D eigenvalue weighted by atomic mass is 33.1. The van der Waals surface area contributed by atoms with E-state index < -0.39 is 0 Å². The molecule has 1 heterocycles. The van der Waals surface area contributed by atoms with E-state index in [1.807, 2.05) is 21.6 Å². The largest absolute Gasteiger partial charge is 0.427 e. The number of fused-ring (bicyclic) bond motifs is 2. The van der Waals surface area contributed by atoms with Crippen molar-refractivity contribution in [2.45, 2.75) is 37.4 Å². The van der Waals surface area contributed by atoms with Crippen molar-refractivity contribution in [1.82, 2.24) is 0 Å². The normalized spacial score (nSPS) is 17.9. The van der Waals surface area contributed by atoms with E-state index in [-0.39, 0.29) is 17.5 Å². The molecule has 2 aromatic rings. The second-order valence-corrected chi connectivity index (χ2v) is 9.75. The maximum Gasteiger partial charge on any atom is 0.311 e. The SMILES string of the molecule is O=C(CCCCC1CCSS1)Oc1ccc2c(c1)C(=O)c1ccccc1C2=O. The number of carbonyl (C=O) groups is 3. The molecule has 2 aliphatic rings. The Balaban J connectivity index is 1.38. The van der Waals surface area contributed by atoms with Gasteiger partial charge in [0.1, 0.15) is 5.75 Å². The van der Waals surface area contributed by atoms with Crippen LogP contribution in [0.5, 0.6) is 5.75 Å². The van der Waals surface area contributed by atoms with Crippen LogP contribution in [0, 0.1) is 0 Å². The Labute approximate surface area is 171 Å². The Morgan fingerprint density at radius 2 is 1.68 bits per heavy atom. The molecule has 1 unspecified atom stereocenters. The van der Waals surface area contributed by atoms with E-state index in [4.69, 9.17) is 4.74 Å². The van der Waals surface area contributed by atoms with Gasteiger partial charge in [-0.3, -0.25) is 14.4 Å². The van der Waals surface area contributed by atoms with Crippen LogP contribution in [0.3, 0.4) is 0 Å². The van der Waals surface area contributed by atoms with Gasteiger partial charge in [-0.2, -0.15) is 0 Å². The van der Waals surface area contributed by atoms with E-state index >= 15 is 0 Å². The van der Waals surface area contributed by atoms with E-state index in [0.717, 1.165) is 19.3 Å². The minimum atomic E-state index is -0.302. The van der Waals surface area contributed by atoms with Crippen molar-refractivity contribution in [3.05, 3.63) is 64.7 Å². The van der Waals surface area contributed by atoms with Crippen LogP contribution >= 0.6 is 21.6 Å². The maximum absolute atomic E-state index is 12.7. The molecule has 1 fully saturated rings. The van der Waals surface area contributed by atoms with Crippen LogP contribution in [0.4, 0.5) is 0 Å². The monoisotopic (exact) mass is 412 g/mol. The van der Waals surface area contributed by atoms with Gasteiger partial charge in [0, 0.05) is 39.7 Å². The van der Waals surface area contributed by atoms with Gasteiger partial charge in [0.15, 0.2) is 11.6 Å². The molecule has 6 heteroatoms. The molecule has 0 spiro atoms. The minimum Gasteiger partial charge on any atom is -0.427 e. The number of hydrogen-bond donors (Lipinski definition) is 0. The predicted octanol–water partition coefficient (Wildman–Crippen LogP) is 5.08. The number of ketones is 2. The first kappa shape index (κ1) is 19.3. The van der Waals surface area contributed by atoms with E-state index in [2.05, 4.69) is 0 Å². The first-order valence-corrected chi connectivity index (χ1v) is 11.8. The highest BCUT2D eigenvalue weighted by Crippen LogP contribution is 2.40. The third-order valence-electron chi connectivity index (χ3n) is 5.01. The van der Waals surface area contributed by atoms with Crippen LogP contribution in [-0.2, 0) is 4.79 Å². The Kier molecular flexibility index (Phi) is 5.87. The van der Waals surface area contributed by atoms with E-state index in [1.165, 1.54) is 18.2 Å². The van der Waals surface area contributed by atoms with Crippen molar-refractivity contribution in [2.24, 2.45) is 0 Å². The lowest BCUT2D eigenvalue weighted by Crippen LogP contribution is -2.21. The molecule has 1 saturated heterocycles. The fourth-order valence-corrected chi connectivity index (χ4v) is 6.56. The number of carbonyl (C=O) groups excluding carboxylic acids is 3. The number of benzene rings is 2. The van der Waals surface area contributed by atoms with Crippen molar-refractivity contribution in [2.75, 3.05) is 5.75 Å². The summed E-state index contributed by atoms with van der Waals surface area (Å²) in [5.41, 5.74) is 1.47. The molecule has 0 saturated carbocycles. The molecule has 4 nitrogen and oxygen atoms in total. The number of ether oxygens (including phenoxy) is 1. The first-order chi connectivity index (χ1) is 13.6. The molecule has 2 aromatic carbocycles. The van der Waals surface area contributed by atoms with Crippen molar-refractivity contribution in [3.8, 4) is 5.75 Å². The fraction of sp³-hybridized carbons (Fsp3) is 0.318. The van der Waals surface area contributed by atoms with Crippen LogP contribution in [0.15, 0.2) is 42.5 Å². The summed E-state index contributed by atoms with van der Waals surface area (Å²) in [5, 5.41) is 0.716. The lowest BCUT2D eigenvalue weighted by atomic mass is 9.84. The van der Waals surface area contributed by atoms with Crippen molar-refractivity contribution in [3.63, 3.8) is 0 Å². The molecule has 28 heavy (non-hydrogen) atoms. The average Bonchev–Trinajstić information content (AvgIpc) is 3.23. The maximum atomic E-state index is 12.7. The van der Waals surface area contributed by atoms with Crippen LogP contribution in [0.25, 0.3) is 0 Å². The predicted molar refractivity (Wildman–Crippen MR) is 112 cm³/mol. The molecule has 0 aromatic heterocycles. The third kappa shape index (κ3) is 4.03. The summed E-state index contributed by atoms with van der Waals surface area (Å²) in [6.45, 7) is 0. The van der Waals surface area contributed by atoms with E-state index in [9.17, 15) is 14.4 Å². The van der Waals surface area contributed by atoms with Crippen LogP contribution < -0.4 is 4.74 Å². The van der Waals surface area contributed by atoms with Crippen LogP contribution in [0.1, 0.15) is 63.9 Å². The Morgan fingerprint density at radius 1 is 0.964 bits per heavy atom. The topological polar surface area (TPSA) is 60.4 Å². The smallest absolute Gasteiger partial charge is 0.311 e. The molecule has 0 bridgehead atoms. The van der Waals surface area contributed by atoms with Crippen LogP contribution in [-0.4, -0.2) is 28.5 Å². The highest BCUT2D eigenvalue weighted by molar-refractivity contribution is 8.77. The lowest BCUT2D eigenvalue weighted by molar-refractivity contribution is -0.134. The molecule has 144 valence electrons. The van der Waals surface area contributed by atoms with Gasteiger partial charge in [-0.15, -0.1) is 0 Å². The van der Waals surface area contributed by atoms with Gasteiger partial charge in [0.25, 0.3) is 0 Å². The zero-order chi connectivity index (χ0) is 19.5. The molecular weight excluding hydrogens is 392 g/mol. The highest BCUT2D eigenvalue weighted by Gasteiger charge is 2.29. The van der Waals surface area contributed by atoms with Gasteiger partial charge in [-0.25, -0.2) is 0 Å². The van der Waals surface area contributed by atoms with Gasteiger partial charge < -0.3 is 4.74 Å². The molecule has 0 N–H and O–H groups in total. The first-order valence-electron chi connectivity index (χ1n) is 9.45. The summed E-state index contributed by atoms with van der Waals surface area (Å²) in [7, 11) is 3.88. The third-order valence-corrected chi connectivity index (χ3v) is 8.02. The lowest BCUT2D eigenvalue weighted by Gasteiger charge is -2.17. The summed E-state index contributed by atoms with van der Waals surface area (Å²) < 4.78 is 5.41. The van der Waals surface area contributed by atoms with Crippen molar-refractivity contribution >= 4 is 39.1 Å². The summed E-state index contributed by atoms with van der Waals surface area (Å²) in [6, 6.07) is 11.5. The standard InChI is InChI=1S/C22H20O4S2/c23-20(8-4-1-5-15-11-12-27-28-15)26-14-9-10-18-19(13-14)22(25)17-7-3-2-6-16(17)21(18)24/h2-3,6-7,9-10,13,15H,1,4-5,8,11-12H2. The van der Waals surface area contributed by atoms with Gasteiger partial charge in [-0.05, 0) is 37.5 Å². The quantitative estimate of drug-likeness (QED) is 0.243. The number of unbranched alkanes of at least 4 members (excludes halogenated alkanes) is 1. The summed E-state index contributed by atoms with van der Waals surface area (Å²) in [5.74, 6) is 0.845. The van der Waals surface area contributed by atoms with Gasteiger partial charge in [0.05, 0.1) is 0 Å². The molecule has 1 aliphatic carbocycles. The van der Waals surface area contributed by atoms with Crippen molar-refractivity contribution in [1.29, 1.82) is 0 Å². The van der Waals surface area contributed by atoms with Gasteiger partial charge in [-0.1, -0.05) is 52.3 Å². The summed E-state index contributed by atoms with van der Waals surface area (Å²) >= 11 is 0. The second kappa shape index (κ2) is 8.53. The molecular formula is C22H20O4S2. The Morgan fingerprint density at radius 3 is 2.39 bits per heavy atom. The second-order valence-electron chi connectivity index (χ2n) is 6.96. The van der Waals surface area contributed by atoms with Gasteiger partial charge in [0.2, 0.25) is 0 Å². The average molecular weight is 413 g/mol. The zero-order valence-corrected chi connectivity index (χ0v) is 16.9. The molecule has 4 rings (SSSR count). The number of hydrogen-bond acceptors (Lipinski definition) is 6. The summed E-state index contributed by atoms with van der Waals surface area (Å²) in [4.78, 5) is 37.5. The molecule has 0 amide bonds. The Bertz CT molecular complexity index is 932. The van der Waals surface area contributed by atoms with Gasteiger partial charge >= 0.3 is 5.97 Å². The number of esters is 1. The van der Waals surface area contributed by atoms with E-state index in [0.29, 0.717) is 39.7 Å². The molecule has 1 aliphatic heterocycles. The zero-order valence-electron chi connectivity index (χ0n) is 15.3. The molecule has 1 atom stereocenters. The minimum absolute atomic E-state index is 0.175. The Hall–Kier alpha value is -2.05. The van der Waals surface area contributed by atoms with Crippen LogP contribution in [0.2, 0.25) is 0 Å². The fourth-order valence-electron chi connectivity index (χ4n) is 3.53. The number of rotatable bonds is 6. The summed E-state index contributed by atoms with van der Waals surface area (Å²) in [6.07, 6.45) is 4.57. The van der Waals surface area contributed by atoms with E-state index in [1.54, 1.807) is 36.4 Å².